The smallest absolute Gasteiger partial charge is 0.331 e. The predicted octanol–water partition coefficient (Wildman–Crippen LogP) is 4.02. The molecule has 1 heterocycles. The number of hydrogen-bond donors (Lipinski definition) is 1. The molecule has 0 radical (unpaired) electrons. The van der Waals surface area contributed by atoms with Gasteiger partial charge in [-0.3, -0.25) is 4.79 Å². The molecule has 24 heavy (non-hydrogen) atoms. The number of carbonyl (C=O) groups is 2. The molecular weight excluding hydrogens is 394 g/mol. The number of ether oxygens (including phenoxy) is 2. The van der Waals surface area contributed by atoms with E-state index >= 15 is 0 Å². The summed E-state index contributed by atoms with van der Waals surface area (Å²) >= 11 is 4.83. The summed E-state index contributed by atoms with van der Waals surface area (Å²) < 4.78 is 11.1. The molecule has 0 saturated carbocycles. The molecule has 0 fully saturated rings. The van der Waals surface area contributed by atoms with E-state index < -0.39 is 11.9 Å². The number of aryl methyl sites for hydroxylation is 1. The van der Waals surface area contributed by atoms with E-state index in [2.05, 4.69) is 21.2 Å². The van der Waals surface area contributed by atoms with Crippen LogP contribution in [0, 0.1) is 6.92 Å². The predicted molar refractivity (Wildman–Crippen MR) is 98.4 cm³/mol. The van der Waals surface area contributed by atoms with E-state index in [0.717, 1.165) is 14.2 Å². The molecule has 1 aromatic carbocycles. The van der Waals surface area contributed by atoms with Crippen LogP contribution >= 0.6 is 27.3 Å². The minimum Gasteiger partial charge on any atom is -0.495 e. The van der Waals surface area contributed by atoms with Gasteiger partial charge in [0.05, 0.1) is 16.6 Å². The van der Waals surface area contributed by atoms with Gasteiger partial charge in [0, 0.05) is 11.0 Å². The van der Waals surface area contributed by atoms with Gasteiger partial charge in [0.25, 0.3) is 5.91 Å². The van der Waals surface area contributed by atoms with E-state index in [1.807, 2.05) is 25.1 Å². The Morgan fingerprint density at radius 3 is 2.75 bits per heavy atom. The first-order chi connectivity index (χ1) is 11.5. The molecular formula is C17H16BrNO4S. The molecule has 2 aromatic rings. The molecule has 7 heteroatoms. The molecule has 126 valence electrons. The summed E-state index contributed by atoms with van der Waals surface area (Å²) in [6.45, 7) is 1.54. The van der Waals surface area contributed by atoms with Crippen LogP contribution in [0.3, 0.4) is 0 Å². The Bertz CT molecular complexity index is 770. The van der Waals surface area contributed by atoms with Crippen molar-refractivity contribution in [1.29, 1.82) is 0 Å². The molecule has 0 spiro atoms. The maximum absolute atomic E-state index is 11.9. The van der Waals surface area contributed by atoms with Crippen LogP contribution in [0.2, 0.25) is 0 Å². The topological polar surface area (TPSA) is 64.6 Å². The fourth-order valence-corrected chi connectivity index (χ4v) is 3.18. The van der Waals surface area contributed by atoms with Crippen molar-refractivity contribution in [3.63, 3.8) is 0 Å². The Morgan fingerprint density at radius 1 is 1.29 bits per heavy atom. The van der Waals surface area contributed by atoms with Crippen LogP contribution in [0.1, 0.15) is 10.4 Å². The van der Waals surface area contributed by atoms with E-state index in [-0.39, 0.29) is 6.61 Å². The van der Waals surface area contributed by atoms with Gasteiger partial charge in [-0.15, -0.1) is 11.3 Å². The second-order valence-corrected chi connectivity index (χ2v) is 7.33. The van der Waals surface area contributed by atoms with Crippen molar-refractivity contribution in [3.05, 3.63) is 50.6 Å². The second-order valence-electron chi connectivity index (χ2n) is 4.83. The molecule has 0 atom stereocenters. The Kier molecular flexibility index (Phi) is 6.57. The molecule has 1 aromatic heterocycles. The summed E-state index contributed by atoms with van der Waals surface area (Å²) in [5.41, 5.74) is 1.52. The SMILES string of the molecule is COc1ccc(C)cc1NC(=O)COC(=O)/C=C/c1ccc(Br)s1. The lowest BCUT2D eigenvalue weighted by Gasteiger charge is -2.10. The minimum atomic E-state index is -0.578. The summed E-state index contributed by atoms with van der Waals surface area (Å²) in [7, 11) is 1.52. The van der Waals surface area contributed by atoms with Gasteiger partial charge in [-0.2, -0.15) is 0 Å². The van der Waals surface area contributed by atoms with Crippen molar-refractivity contribution in [3.8, 4) is 5.75 Å². The Labute approximate surface area is 152 Å². The van der Waals surface area contributed by atoms with Crippen LogP contribution in [0.15, 0.2) is 40.2 Å². The first kappa shape index (κ1) is 18.2. The third-order valence-corrected chi connectivity index (χ3v) is 4.54. The van der Waals surface area contributed by atoms with Crippen molar-refractivity contribution >= 4 is 50.9 Å². The monoisotopic (exact) mass is 409 g/mol. The zero-order valence-corrected chi connectivity index (χ0v) is 15.6. The first-order valence-electron chi connectivity index (χ1n) is 7.02. The lowest BCUT2D eigenvalue weighted by molar-refractivity contribution is -0.142. The number of hydrogen-bond acceptors (Lipinski definition) is 5. The fraction of sp³-hybridized carbons (Fsp3) is 0.176. The highest BCUT2D eigenvalue weighted by Crippen LogP contribution is 2.25. The number of rotatable bonds is 6. The molecule has 5 nitrogen and oxygen atoms in total. The largest absolute Gasteiger partial charge is 0.495 e. The summed E-state index contributed by atoms with van der Waals surface area (Å²) in [4.78, 5) is 24.4. The highest BCUT2D eigenvalue weighted by molar-refractivity contribution is 9.11. The van der Waals surface area contributed by atoms with Gasteiger partial charge >= 0.3 is 5.97 Å². The van der Waals surface area contributed by atoms with Crippen LogP contribution < -0.4 is 10.1 Å². The molecule has 0 aliphatic rings. The van der Waals surface area contributed by atoms with Crippen molar-refractivity contribution in [2.75, 3.05) is 19.0 Å². The second kappa shape index (κ2) is 8.65. The first-order valence-corrected chi connectivity index (χ1v) is 8.63. The highest BCUT2D eigenvalue weighted by Gasteiger charge is 2.09. The summed E-state index contributed by atoms with van der Waals surface area (Å²) in [5.74, 6) is -0.464. The zero-order chi connectivity index (χ0) is 17.5. The maximum atomic E-state index is 11.9. The molecule has 0 saturated heterocycles. The van der Waals surface area contributed by atoms with Crippen LogP contribution in [-0.2, 0) is 14.3 Å². The van der Waals surface area contributed by atoms with Gasteiger partial charge in [-0.05, 0) is 58.8 Å². The molecule has 2 rings (SSSR count). The third kappa shape index (κ3) is 5.50. The normalized spacial score (nSPS) is 10.6. The van der Waals surface area contributed by atoms with E-state index in [0.29, 0.717) is 11.4 Å². The average Bonchev–Trinajstić information content (AvgIpc) is 2.97. The van der Waals surface area contributed by atoms with Gasteiger partial charge < -0.3 is 14.8 Å². The number of esters is 1. The maximum Gasteiger partial charge on any atom is 0.331 e. The molecule has 0 bridgehead atoms. The Hall–Kier alpha value is -2.12. The van der Waals surface area contributed by atoms with Crippen LogP contribution in [0.4, 0.5) is 5.69 Å². The van der Waals surface area contributed by atoms with Crippen LogP contribution in [-0.4, -0.2) is 25.6 Å². The van der Waals surface area contributed by atoms with Gasteiger partial charge in [-0.1, -0.05) is 6.07 Å². The lowest BCUT2D eigenvalue weighted by Crippen LogP contribution is -2.20. The van der Waals surface area contributed by atoms with Crippen LogP contribution in [0.25, 0.3) is 6.08 Å². The van der Waals surface area contributed by atoms with E-state index in [1.165, 1.54) is 24.5 Å². The third-order valence-electron chi connectivity index (χ3n) is 2.95. The number of anilines is 1. The van der Waals surface area contributed by atoms with Crippen molar-refractivity contribution in [2.24, 2.45) is 0 Å². The van der Waals surface area contributed by atoms with Crippen molar-refractivity contribution in [1.82, 2.24) is 0 Å². The van der Waals surface area contributed by atoms with Crippen molar-refractivity contribution < 1.29 is 19.1 Å². The number of carbonyl (C=O) groups excluding carboxylic acids is 2. The quantitative estimate of drug-likeness (QED) is 0.577. The fourth-order valence-electron chi connectivity index (χ4n) is 1.86. The van der Waals surface area contributed by atoms with Gasteiger partial charge in [-0.25, -0.2) is 4.79 Å². The molecule has 0 unspecified atom stereocenters. The summed E-state index contributed by atoms with van der Waals surface area (Å²) in [6, 6.07) is 9.18. The van der Waals surface area contributed by atoms with Crippen LogP contribution in [0.5, 0.6) is 5.75 Å². The number of halogens is 1. The summed E-state index contributed by atoms with van der Waals surface area (Å²) in [6.07, 6.45) is 2.93. The number of benzene rings is 1. The standard InChI is InChI=1S/C17H16BrNO4S/c1-11-3-6-14(22-2)13(9-11)19-16(20)10-23-17(21)8-5-12-4-7-15(18)24-12/h3-9H,10H2,1-2H3,(H,19,20)/b8-5+. The zero-order valence-electron chi connectivity index (χ0n) is 13.2. The highest BCUT2D eigenvalue weighted by atomic mass is 79.9. The molecule has 0 aliphatic carbocycles. The van der Waals surface area contributed by atoms with E-state index in [9.17, 15) is 9.59 Å². The Morgan fingerprint density at radius 2 is 2.08 bits per heavy atom. The average molecular weight is 410 g/mol. The minimum absolute atomic E-state index is 0.367. The van der Waals surface area contributed by atoms with E-state index in [1.54, 1.807) is 18.2 Å². The molecule has 0 aliphatic heterocycles. The number of methoxy groups -OCH3 is 1. The lowest BCUT2D eigenvalue weighted by atomic mass is 10.2. The van der Waals surface area contributed by atoms with Gasteiger partial charge in [0.1, 0.15) is 5.75 Å². The molecule has 1 N–H and O–H groups in total. The number of amides is 1. The molecule has 1 amide bonds. The number of thiophene rings is 1. The Balaban J connectivity index is 1.85. The van der Waals surface area contributed by atoms with Crippen molar-refractivity contribution in [2.45, 2.75) is 6.92 Å². The summed E-state index contributed by atoms with van der Waals surface area (Å²) in [5, 5.41) is 2.67. The number of nitrogens with one attached hydrogen (secondary N) is 1. The van der Waals surface area contributed by atoms with E-state index in [4.69, 9.17) is 9.47 Å². The van der Waals surface area contributed by atoms with Gasteiger partial charge in [0.2, 0.25) is 0 Å². The van der Waals surface area contributed by atoms with Gasteiger partial charge in [0.15, 0.2) is 6.61 Å².